The van der Waals surface area contributed by atoms with Crippen LogP contribution in [0.15, 0.2) is 54.1 Å². The van der Waals surface area contributed by atoms with Crippen molar-refractivity contribution in [3.8, 4) is 0 Å². The molecule has 2 heteroatoms. The second kappa shape index (κ2) is 6.60. The van der Waals surface area contributed by atoms with Gasteiger partial charge in [0.2, 0.25) is 5.12 Å². The fourth-order valence-electron chi connectivity index (χ4n) is 2.05. The van der Waals surface area contributed by atoms with E-state index in [2.05, 4.69) is 12.7 Å². The van der Waals surface area contributed by atoms with Crippen LogP contribution in [0.5, 0.6) is 0 Å². The van der Waals surface area contributed by atoms with Crippen LogP contribution in [0.3, 0.4) is 0 Å². The predicted molar refractivity (Wildman–Crippen MR) is 78.4 cm³/mol. The van der Waals surface area contributed by atoms with Gasteiger partial charge in [0.1, 0.15) is 0 Å². The molecule has 0 atom stereocenters. The lowest BCUT2D eigenvalue weighted by Gasteiger charge is -2.13. The maximum atomic E-state index is 12.0. The van der Waals surface area contributed by atoms with Crippen LogP contribution in [0, 0.1) is 0 Å². The lowest BCUT2D eigenvalue weighted by atomic mass is 9.95. The summed E-state index contributed by atoms with van der Waals surface area (Å²) in [5.74, 6) is 0.728. The maximum Gasteiger partial charge on any atom is 0.219 e. The van der Waals surface area contributed by atoms with E-state index in [-0.39, 0.29) is 5.12 Å². The fraction of sp³-hybridized carbons (Fsp3) is 0.312. The van der Waals surface area contributed by atoms with Crippen LogP contribution in [0.1, 0.15) is 31.2 Å². The Labute approximate surface area is 113 Å². The highest BCUT2D eigenvalue weighted by molar-refractivity contribution is 8.13. The van der Waals surface area contributed by atoms with Crippen molar-refractivity contribution in [1.82, 2.24) is 0 Å². The van der Waals surface area contributed by atoms with Crippen molar-refractivity contribution in [2.75, 3.05) is 0 Å². The van der Waals surface area contributed by atoms with Crippen molar-refractivity contribution in [3.63, 3.8) is 0 Å². The summed E-state index contributed by atoms with van der Waals surface area (Å²) in [6, 6.07) is 10.1. The average Bonchev–Trinajstić information content (AvgIpc) is 2.46. The molecule has 18 heavy (non-hydrogen) atoms. The number of benzene rings is 1. The summed E-state index contributed by atoms with van der Waals surface area (Å²) in [5, 5.41) is 0.118. The second-order valence-electron chi connectivity index (χ2n) is 4.52. The highest BCUT2D eigenvalue weighted by Crippen LogP contribution is 2.27. The van der Waals surface area contributed by atoms with Gasteiger partial charge in [-0.3, -0.25) is 4.79 Å². The van der Waals surface area contributed by atoms with E-state index < -0.39 is 0 Å². The van der Waals surface area contributed by atoms with E-state index in [9.17, 15) is 4.79 Å². The van der Waals surface area contributed by atoms with Gasteiger partial charge in [-0.15, -0.1) is 0 Å². The molecule has 1 nitrogen and oxygen atoms in total. The summed E-state index contributed by atoms with van der Waals surface area (Å²) in [7, 11) is 0. The van der Waals surface area contributed by atoms with Crippen LogP contribution < -0.4 is 0 Å². The lowest BCUT2D eigenvalue weighted by molar-refractivity contribution is -0.107. The number of carbonyl (C=O) groups excluding carboxylic acids is 1. The zero-order valence-corrected chi connectivity index (χ0v) is 11.3. The Hall–Kier alpha value is -1.28. The Kier molecular flexibility index (Phi) is 4.82. The lowest BCUT2D eigenvalue weighted by Crippen LogP contribution is -2.03. The molecule has 0 aromatic heterocycles. The van der Waals surface area contributed by atoms with Crippen LogP contribution in [-0.2, 0) is 10.5 Å². The highest BCUT2D eigenvalue weighted by Gasteiger charge is 2.14. The highest BCUT2D eigenvalue weighted by atomic mass is 32.2. The van der Waals surface area contributed by atoms with E-state index in [1.54, 1.807) is 0 Å². The van der Waals surface area contributed by atoms with Gasteiger partial charge in [-0.25, -0.2) is 0 Å². The molecular weight excluding hydrogens is 240 g/mol. The first-order chi connectivity index (χ1) is 8.77. The van der Waals surface area contributed by atoms with Gasteiger partial charge < -0.3 is 0 Å². The normalized spacial score (nSPS) is 15.0. The van der Waals surface area contributed by atoms with Gasteiger partial charge in [0.25, 0.3) is 0 Å². The van der Waals surface area contributed by atoms with Crippen LogP contribution in [-0.4, -0.2) is 5.12 Å². The minimum atomic E-state index is 0.118. The Bertz CT molecular complexity index is 459. The first-order valence-corrected chi connectivity index (χ1v) is 7.35. The number of carbonyl (C=O) groups is 1. The zero-order valence-electron chi connectivity index (χ0n) is 10.5. The largest absolute Gasteiger partial charge is 0.282 e. The van der Waals surface area contributed by atoms with Gasteiger partial charge >= 0.3 is 0 Å². The summed E-state index contributed by atoms with van der Waals surface area (Å²) < 4.78 is 0. The second-order valence-corrected chi connectivity index (χ2v) is 5.46. The van der Waals surface area contributed by atoms with Crippen LogP contribution >= 0.6 is 11.8 Å². The standard InChI is InChI=1S/C16H18OS/c1-13(15-10-6-3-7-11-15)16(17)18-12-14-8-4-2-5-9-14/h2,4-5,8-10H,1,3,6-7,11-12H2. The Morgan fingerprint density at radius 1 is 1.22 bits per heavy atom. The molecule has 0 aliphatic heterocycles. The summed E-state index contributed by atoms with van der Waals surface area (Å²) in [6.45, 7) is 3.95. The third kappa shape index (κ3) is 3.61. The van der Waals surface area contributed by atoms with E-state index >= 15 is 0 Å². The monoisotopic (exact) mass is 258 g/mol. The van der Waals surface area contributed by atoms with Crippen LogP contribution in [0.2, 0.25) is 0 Å². The van der Waals surface area contributed by atoms with E-state index in [1.165, 1.54) is 30.2 Å². The summed E-state index contributed by atoms with van der Waals surface area (Å²) >= 11 is 1.35. The zero-order chi connectivity index (χ0) is 12.8. The molecule has 0 unspecified atom stereocenters. The number of allylic oxidation sites excluding steroid dienone is 2. The van der Waals surface area contributed by atoms with Crippen molar-refractivity contribution >= 4 is 16.9 Å². The molecular formula is C16H18OS. The van der Waals surface area contributed by atoms with Crippen molar-refractivity contribution in [2.24, 2.45) is 0 Å². The molecule has 1 aromatic rings. The molecule has 0 N–H and O–H groups in total. The molecule has 0 fully saturated rings. The smallest absolute Gasteiger partial charge is 0.219 e. The van der Waals surface area contributed by atoms with Crippen molar-refractivity contribution < 1.29 is 4.79 Å². The summed E-state index contributed by atoms with van der Waals surface area (Å²) in [4.78, 5) is 12.0. The van der Waals surface area contributed by atoms with Crippen LogP contribution in [0.25, 0.3) is 0 Å². The molecule has 94 valence electrons. The molecule has 1 aliphatic rings. The molecule has 0 spiro atoms. The Morgan fingerprint density at radius 3 is 2.67 bits per heavy atom. The number of rotatable bonds is 4. The molecule has 0 bridgehead atoms. The average molecular weight is 258 g/mol. The summed E-state index contributed by atoms with van der Waals surface area (Å²) in [5.41, 5.74) is 3.05. The minimum Gasteiger partial charge on any atom is -0.282 e. The van der Waals surface area contributed by atoms with Crippen LogP contribution in [0.4, 0.5) is 0 Å². The maximum absolute atomic E-state index is 12.0. The van der Waals surface area contributed by atoms with Gasteiger partial charge in [0.05, 0.1) is 0 Å². The predicted octanol–water partition coefficient (Wildman–Crippen LogP) is 4.50. The summed E-state index contributed by atoms with van der Waals surface area (Å²) in [6.07, 6.45) is 6.69. The van der Waals surface area contributed by atoms with Gasteiger partial charge in [-0.2, -0.15) is 0 Å². The molecule has 0 saturated carbocycles. The SMILES string of the molecule is C=C(C(=O)SCc1ccccc1)C1=CCCCC1. The third-order valence-corrected chi connectivity index (χ3v) is 4.12. The van der Waals surface area contributed by atoms with E-state index in [1.807, 2.05) is 30.3 Å². The van der Waals surface area contributed by atoms with E-state index in [4.69, 9.17) is 0 Å². The fourth-order valence-corrected chi connectivity index (χ4v) is 2.85. The molecule has 0 heterocycles. The molecule has 2 rings (SSSR count). The quantitative estimate of drug-likeness (QED) is 0.739. The van der Waals surface area contributed by atoms with Gasteiger partial charge in [0, 0.05) is 11.3 Å². The molecule has 1 aromatic carbocycles. The van der Waals surface area contributed by atoms with Gasteiger partial charge in [-0.1, -0.05) is 54.7 Å². The van der Waals surface area contributed by atoms with Crippen molar-refractivity contribution in [2.45, 2.75) is 31.4 Å². The number of hydrogen-bond donors (Lipinski definition) is 0. The first-order valence-electron chi connectivity index (χ1n) is 6.37. The molecule has 1 aliphatic carbocycles. The Morgan fingerprint density at radius 2 is 2.00 bits per heavy atom. The Balaban J connectivity index is 1.88. The number of thioether (sulfide) groups is 1. The molecule has 0 amide bonds. The topological polar surface area (TPSA) is 17.1 Å². The van der Waals surface area contributed by atoms with Crippen molar-refractivity contribution in [1.29, 1.82) is 0 Å². The third-order valence-electron chi connectivity index (χ3n) is 3.14. The van der Waals surface area contributed by atoms with Crippen molar-refractivity contribution in [3.05, 3.63) is 59.7 Å². The van der Waals surface area contributed by atoms with E-state index in [0.717, 1.165) is 24.2 Å². The van der Waals surface area contributed by atoms with E-state index in [0.29, 0.717) is 5.57 Å². The van der Waals surface area contributed by atoms with Gasteiger partial charge in [-0.05, 0) is 36.8 Å². The first kappa shape index (κ1) is 13.2. The van der Waals surface area contributed by atoms with Gasteiger partial charge in [0.15, 0.2) is 0 Å². The minimum absolute atomic E-state index is 0.118. The number of hydrogen-bond acceptors (Lipinski definition) is 2. The molecule has 0 radical (unpaired) electrons. The molecule has 0 saturated heterocycles.